The summed E-state index contributed by atoms with van der Waals surface area (Å²) >= 11 is 0. The van der Waals surface area contributed by atoms with Gasteiger partial charge in [0, 0.05) is 12.7 Å². The van der Waals surface area contributed by atoms with Crippen LogP contribution in [-0.2, 0) is 10.0 Å². The van der Waals surface area contributed by atoms with E-state index in [1.54, 1.807) is 7.05 Å². The summed E-state index contributed by atoms with van der Waals surface area (Å²) in [6.07, 6.45) is 1.82. The molecule has 0 amide bonds. The van der Waals surface area contributed by atoms with Gasteiger partial charge >= 0.3 is 5.97 Å². The Morgan fingerprint density at radius 1 is 1.47 bits per heavy atom. The van der Waals surface area contributed by atoms with Crippen LogP contribution in [0.15, 0.2) is 17.2 Å². The zero-order valence-electron chi connectivity index (χ0n) is 9.36. The van der Waals surface area contributed by atoms with Crippen molar-refractivity contribution in [3.63, 3.8) is 0 Å². The minimum absolute atomic E-state index is 0.0700. The first-order chi connectivity index (χ1) is 7.97. The molecule has 0 aliphatic heterocycles. The van der Waals surface area contributed by atoms with E-state index >= 15 is 0 Å². The van der Waals surface area contributed by atoms with Gasteiger partial charge in [-0.15, -0.1) is 0 Å². The van der Waals surface area contributed by atoms with E-state index in [4.69, 9.17) is 5.11 Å². The zero-order chi connectivity index (χ0) is 12.9. The van der Waals surface area contributed by atoms with Crippen molar-refractivity contribution in [2.45, 2.75) is 11.3 Å². The number of carboxylic acid groups (broad SMARTS) is 1. The van der Waals surface area contributed by atoms with Crippen LogP contribution in [0.3, 0.4) is 0 Å². The lowest BCUT2D eigenvalue weighted by molar-refractivity contribution is 0.0691. The third-order valence-electron chi connectivity index (χ3n) is 2.09. The van der Waals surface area contributed by atoms with Gasteiger partial charge in [-0.2, -0.15) is 0 Å². The molecule has 96 valence electrons. The van der Waals surface area contributed by atoms with Gasteiger partial charge in [-0.1, -0.05) is 0 Å². The predicted molar refractivity (Wildman–Crippen MR) is 61.5 cm³/mol. The molecule has 1 rings (SSSR count). The van der Waals surface area contributed by atoms with Gasteiger partial charge in [-0.05, 0) is 26.1 Å². The molecule has 17 heavy (non-hydrogen) atoms. The molecule has 0 atom stereocenters. The lowest BCUT2D eigenvalue weighted by Gasteiger charge is -2.03. The Morgan fingerprint density at radius 3 is 2.71 bits per heavy atom. The summed E-state index contributed by atoms with van der Waals surface area (Å²) < 4.78 is 25.8. The Morgan fingerprint density at radius 2 is 2.18 bits per heavy atom. The highest BCUT2D eigenvalue weighted by Crippen LogP contribution is 2.10. The normalized spacial score (nSPS) is 11.6. The quantitative estimate of drug-likeness (QED) is 0.499. The van der Waals surface area contributed by atoms with Crippen LogP contribution in [0.25, 0.3) is 0 Å². The topological polar surface area (TPSA) is 111 Å². The summed E-state index contributed by atoms with van der Waals surface area (Å²) in [5, 5.41) is 11.5. The van der Waals surface area contributed by atoms with E-state index in [9.17, 15) is 13.2 Å². The van der Waals surface area contributed by atoms with Gasteiger partial charge in [0.2, 0.25) is 10.0 Å². The van der Waals surface area contributed by atoms with Crippen LogP contribution in [0.2, 0.25) is 0 Å². The average Bonchev–Trinajstić information content (AvgIpc) is 2.74. The molecule has 0 aliphatic rings. The van der Waals surface area contributed by atoms with Gasteiger partial charge in [0.05, 0.1) is 0 Å². The second kappa shape index (κ2) is 5.80. The summed E-state index contributed by atoms with van der Waals surface area (Å²) in [4.78, 5) is 12.9. The summed E-state index contributed by atoms with van der Waals surface area (Å²) in [7, 11) is -1.85. The van der Waals surface area contributed by atoms with Crippen molar-refractivity contribution in [2.24, 2.45) is 0 Å². The lowest BCUT2D eigenvalue weighted by Crippen LogP contribution is -2.26. The molecule has 0 aromatic carbocycles. The maximum Gasteiger partial charge on any atom is 0.352 e. The number of sulfonamides is 1. The molecule has 0 saturated heterocycles. The van der Waals surface area contributed by atoms with Crippen LogP contribution in [0, 0.1) is 0 Å². The van der Waals surface area contributed by atoms with Crippen molar-refractivity contribution in [1.82, 2.24) is 15.0 Å². The van der Waals surface area contributed by atoms with Crippen LogP contribution in [0.1, 0.15) is 16.9 Å². The molecule has 0 unspecified atom stereocenters. The maximum absolute atomic E-state index is 11.7. The summed E-state index contributed by atoms with van der Waals surface area (Å²) in [5.41, 5.74) is -0.152. The molecule has 0 fully saturated rings. The molecule has 0 saturated carbocycles. The Labute approximate surface area is 99.3 Å². The molecule has 0 radical (unpaired) electrons. The van der Waals surface area contributed by atoms with Crippen molar-refractivity contribution in [3.8, 4) is 0 Å². The highest BCUT2D eigenvalue weighted by atomic mass is 32.2. The molecular formula is C9H15N3O4S. The van der Waals surface area contributed by atoms with Crippen molar-refractivity contribution in [1.29, 1.82) is 0 Å². The van der Waals surface area contributed by atoms with E-state index in [1.165, 1.54) is 0 Å². The molecule has 1 heterocycles. The molecule has 1 aromatic heterocycles. The fraction of sp³-hybridized carbons (Fsp3) is 0.444. The molecule has 0 spiro atoms. The van der Waals surface area contributed by atoms with Crippen LogP contribution >= 0.6 is 0 Å². The van der Waals surface area contributed by atoms with Crippen molar-refractivity contribution in [2.75, 3.05) is 20.1 Å². The second-order valence-corrected chi connectivity index (χ2v) is 5.18. The number of hydrogen-bond acceptors (Lipinski definition) is 4. The Balaban J connectivity index is 2.66. The smallest absolute Gasteiger partial charge is 0.352 e. The Hall–Kier alpha value is -1.38. The van der Waals surface area contributed by atoms with Gasteiger partial charge in [0.25, 0.3) is 0 Å². The average molecular weight is 261 g/mol. The zero-order valence-corrected chi connectivity index (χ0v) is 10.2. The number of aromatic amines is 1. The number of carbonyl (C=O) groups is 1. The van der Waals surface area contributed by atoms with Gasteiger partial charge in [0.1, 0.15) is 10.6 Å². The van der Waals surface area contributed by atoms with Gasteiger partial charge in [-0.3, -0.25) is 0 Å². The van der Waals surface area contributed by atoms with E-state index in [2.05, 4.69) is 15.0 Å². The summed E-state index contributed by atoms with van der Waals surface area (Å²) in [6, 6.07) is 1.09. The molecule has 0 aliphatic carbocycles. The molecular weight excluding hydrogens is 246 g/mol. The van der Waals surface area contributed by atoms with Crippen LogP contribution in [0.4, 0.5) is 0 Å². The first-order valence-corrected chi connectivity index (χ1v) is 6.51. The van der Waals surface area contributed by atoms with Crippen molar-refractivity contribution in [3.05, 3.63) is 18.0 Å². The largest absolute Gasteiger partial charge is 0.477 e. The van der Waals surface area contributed by atoms with E-state index in [1.807, 2.05) is 0 Å². The van der Waals surface area contributed by atoms with Crippen molar-refractivity contribution < 1.29 is 18.3 Å². The molecule has 7 nitrogen and oxygen atoms in total. The Kier molecular flexibility index (Phi) is 4.67. The van der Waals surface area contributed by atoms with Crippen LogP contribution in [0.5, 0.6) is 0 Å². The third kappa shape index (κ3) is 3.84. The first-order valence-electron chi connectivity index (χ1n) is 5.03. The molecule has 4 N–H and O–H groups in total. The minimum Gasteiger partial charge on any atom is -0.477 e. The highest BCUT2D eigenvalue weighted by molar-refractivity contribution is 7.89. The molecule has 0 bridgehead atoms. The fourth-order valence-corrected chi connectivity index (χ4v) is 2.27. The lowest BCUT2D eigenvalue weighted by atomic mass is 10.4. The monoisotopic (exact) mass is 261 g/mol. The fourth-order valence-electron chi connectivity index (χ4n) is 1.21. The Bertz CT molecular complexity index is 480. The van der Waals surface area contributed by atoms with E-state index in [0.717, 1.165) is 12.3 Å². The molecule has 1 aromatic rings. The van der Waals surface area contributed by atoms with Gasteiger partial charge in [0.15, 0.2) is 0 Å². The van der Waals surface area contributed by atoms with E-state index in [-0.39, 0.29) is 10.6 Å². The SMILES string of the molecule is CNCCCNS(=O)(=O)c1c[nH]c(C(=O)O)c1. The van der Waals surface area contributed by atoms with Crippen LogP contribution in [-0.4, -0.2) is 44.6 Å². The maximum atomic E-state index is 11.7. The van der Waals surface area contributed by atoms with Crippen molar-refractivity contribution >= 4 is 16.0 Å². The van der Waals surface area contributed by atoms with E-state index < -0.39 is 16.0 Å². The minimum atomic E-state index is -3.63. The first kappa shape index (κ1) is 13.7. The summed E-state index contributed by atoms with van der Waals surface area (Å²) in [6.45, 7) is 1.01. The number of hydrogen-bond donors (Lipinski definition) is 4. The van der Waals surface area contributed by atoms with Gasteiger partial charge < -0.3 is 15.4 Å². The number of aromatic carboxylic acids is 1. The van der Waals surface area contributed by atoms with E-state index in [0.29, 0.717) is 19.5 Å². The summed E-state index contributed by atoms with van der Waals surface area (Å²) in [5.74, 6) is -1.19. The van der Waals surface area contributed by atoms with Crippen LogP contribution < -0.4 is 10.0 Å². The van der Waals surface area contributed by atoms with Gasteiger partial charge in [-0.25, -0.2) is 17.9 Å². The second-order valence-electron chi connectivity index (χ2n) is 3.41. The standard InChI is InChI=1S/C9H15N3O4S/c1-10-3-2-4-12-17(15,16)7-5-8(9(13)14)11-6-7/h5-6,10-12H,2-4H2,1H3,(H,13,14). The predicted octanol–water partition coefficient (Wildman–Crippen LogP) is -0.399. The molecule has 8 heteroatoms. The highest BCUT2D eigenvalue weighted by Gasteiger charge is 2.17. The number of rotatable bonds is 7. The number of nitrogens with one attached hydrogen (secondary N) is 3. The number of H-pyrrole nitrogens is 1. The third-order valence-corrected chi connectivity index (χ3v) is 3.53. The number of carboxylic acids is 1. The number of aromatic nitrogens is 1.